The predicted octanol–water partition coefficient (Wildman–Crippen LogP) is 4.34. The fourth-order valence-electron chi connectivity index (χ4n) is 2.28. The first-order valence-electron chi connectivity index (χ1n) is 7.58. The Balaban J connectivity index is 2.54. The molecular formula is C16H21O5PS. The Bertz CT molecular complexity index is 789. The van der Waals surface area contributed by atoms with Crippen molar-refractivity contribution in [2.45, 2.75) is 34.1 Å². The lowest BCUT2D eigenvalue weighted by Crippen LogP contribution is -2.04. The van der Waals surface area contributed by atoms with E-state index in [4.69, 9.17) is 29.8 Å². The van der Waals surface area contributed by atoms with Crippen LogP contribution in [0.4, 0.5) is 0 Å². The second-order valence-electron chi connectivity index (χ2n) is 4.93. The molecule has 0 bridgehead atoms. The maximum absolute atomic E-state index is 11.6. The van der Waals surface area contributed by atoms with Crippen molar-refractivity contribution in [3.05, 3.63) is 39.7 Å². The van der Waals surface area contributed by atoms with Gasteiger partial charge in [0.2, 0.25) is 0 Å². The summed E-state index contributed by atoms with van der Waals surface area (Å²) >= 11 is 5.42. The van der Waals surface area contributed by atoms with Gasteiger partial charge in [0.15, 0.2) is 0 Å². The minimum atomic E-state index is -2.87. The lowest BCUT2D eigenvalue weighted by atomic mass is 10.1. The molecule has 0 radical (unpaired) electrons. The van der Waals surface area contributed by atoms with E-state index in [0.29, 0.717) is 24.5 Å². The van der Waals surface area contributed by atoms with Crippen LogP contribution in [-0.2, 0) is 27.3 Å². The van der Waals surface area contributed by atoms with Gasteiger partial charge in [-0.05, 0) is 44.4 Å². The first-order valence-corrected chi connectivity index (χ1v) is 10.1. The number of aryl methyl sites for hydroxylation is 2. The molecule has 1 heterocycles. The third-order valence-corrected chi connectivity index (χ3v) is 5.72. The lowest BCUT2D eigenvalue weighted by Gasteiger charge is -2.22. The largest absolute Gasteiger partial charge is 0.424 e. The van der Waals surface area contributed by atoms with Crippen LogP contribution in [0.5, 0.6) is 5.75 Å². The monoisotopic (exact) mass is 356 g/mol. The molecule has 1 aromatic heterocycles. The lowest BCUT2D eigenvalue weighted by molar-refractivity contribution is 0.217. The van der Waals surface area contributed by atoms with E-state index in [0.717, 1.165) is 22.9 Å². The van der Waals surface area contributed by atoms with Gasteiger partial charge in [0.05, 0.1) is 13.2 Å². The SMILES string of the molecule is CCOP(=S)(OCC)Oc1cc2oc(=O)cc(C)c2cc1CC. The van der Waals surface area contributed by atoms with Crippen LogP contribution in [0, 0.1) is 6.92 Å². The van der Waals surface area contributed by atoms with Crippen molar-refractivity contribution >= 4 is 29.5 Å². The second-order valence-corrected chi connectivity index (χ2v) is 7.87. The smallest absolute Gasteiger partial charge is 0.380 e. The minimum absolute atomic E-state index is 0.390. The summed E-state index contributed by atoms with van der Waals surface area (Å²) in [6.45, 7) is 5.52. The first kappa shape index (κ1) is 18.1. The Morgan fingerprint density at radius 1 is 1.13 bits per heavy atom. The van der Waals surface area contributed by atoms with Crippen LogP contribution in [0.3, 0.4) is 0 Å². The van der Waals surface area contributed by atoms with Gasteiger partial charge in [-0.15, -0.1) is 0 Å². The molecule has 1 aromatic carbocycles. The Kier molecular flexibility index (Phi) is 5.98. The number of hydrogen-bond acceptors (Lipinski definition) is 6. The third-order valence-electron chi connectivity index (χ3n) is 3.30. The first-order chi connectivity index (χ1) is 10.9. The molecule has 0 aliphatic heterocycles. The maximum Gasteiger partial charge on any atom is 0.380 e. The van der Waals surface area contributed by atoms with Crippen molar-refractivity contribution in [1.82, 2.24) is 0 Å². The van der Waals surface area contributed by atoms with Crippen molar-refractivity contribution < 1.29 is 18.0 Å². The zero-order valence-electron chi connectivity index (χ0n) is 13.8. The van der Waals surface area contributed by atoms with Crippen molar-refractivity contribution in [3.63, 3.8) is 0 Å². The molecular weight excluding hydrogens is 335 g/mol. The van der Waals surface area contributed by atoms with E-state index in [2.05, 4.69) is 0 Å². The minimum Gasteiger partial charge on any atom is -0.424 e. The molecule has 0 fully saturated rings. The van der Waals surface area contributed by atoms with Crippen LogP contribution < -0.4 is 10.1 Å². The van der Waals surface area contributed by atoms with Crippen molar-refractivity contribution in [1.29, 1.82) is 0 Å². The Morgan fingerprint density at radius 2 is 1.78 bits per heavy atom. The van der Waals surface area contributed by atoms with Crippen LogP contribution >= 0.6 is 6.72 Å². The number of benzene rings is 1. The van der Waals surface area contributed by atoms with Crippen LogP contribution in [0.15, 0.2) is 27.4 Å². The van der Waals surface area contributed by atoms with Gasteiger partial charge in [-0.2, -0.15) is 0 Å². The molecule has 0 atom stereocenters. The molecule has 5 nitrogen and oxygen atoms in total. The van der Waals surface area contributed by atoms with Gasteiger partial charge in [0, 0.05) is 29.3 Å². The average Bonchev–Trinajstić information content (AvgIpc) is 2.46. The van der Waals surface area contributed by atoms with Gasteiger partial charge >= 0.3 is 12.3 Å². The summed E-state index contributed by atoms with van der Waals surface area (Å²) in [6, 6.07) is 5.13. The molecule has 2 rings (SSSR count). The number of fused-ring (bicyclic) bond motifs is 1. The van der Waals surface area contributed by atoms with E-state index in [1.165, 1.54) is 6.07 Å². The second kappa shape index (κ2) is 7.58. The number of rotatable bonds is 7. The molecule has 2 aromatic rings. The van der Waals surface area contributed by atoms with Gasteiger partial charge in [-0.25, -0.2) is 4.79 Å². The van der Waals surface area contributed by atoms with Crippen LogP contribution in [0.2, 0.25) is 0 Å². The summed E-state index contributed by atoms with van der Waals surface area (Å²) in [5.74, 6) is 0.541. The highest BCUT2D eigenvalue weighted by Gasteiger charge is 2.23. The summed E-state index contributed by atoms with van der Waals surface area (Å²) in [7, 11) is 0. The zero-order valence-corrected chi connectivity index (χ0v) is 15.5. The summed E-state index contributed by atoms with van der Waals surface area (Å²) in [4.78, 5) is 11.6. The van der Waals surface area contributed by atoms with Gasteiger partial charge in [-0.1, -0.05) is 6.92 Å². The van der Waals surface area contributed by atoms with Gasteiger partial charge < -0.3 is 8.94 Å². The molecule has 0 unspecified atom stereocenters. The van der Waals surface area contributed by atoms with Gasteiger partial charge in [0.25, 0.3) is 0 Å². The van der Waals surface area contributed by atoms with Crippen LogP contribution in [0.25, 0.3) is 11.0 Å². The molecule has 0 amide bonds. The van der Waals surface area contributed by atoms with E-state index >= 15 is 0 Å². The van der Waals surface area contributed by atoms with Crippen LogP contribution in [-0.4, -0.2) is 13.2 Å². The molecule has 0 N–H and O–H groups in total. The Labute approximate surface area is 140 Å². The van der Waals surface area contributed by atoms with Crippen molar-refractivity contribution in [3.8, 4) is 5.75 Å². The molecule has 0 saturated carbocycles. The normalized spacial score (nSPS) is 11.8. The topological polar surface area (TPSA) is 57.9 Å². The number of hydrogen-bond donors (Lipinski definition) is 0. The van der Waals surface area contributed by atoms with Gasteiger partial charge in [-0.3, -0.25) is 9.05 Å². The highest BCUT2D eigenvalue weighted by molar-refractivity contribution is 8.07. The molecule has 7 heteroatoms. The third kappa shape index (κ3) is 4.21. The van der Waals surface area contributed by atoms with E-state index in [-0.39, 0.29) is 5.63 Å². The maximum atomic E-state index is 11.6. The van der Waals surface area contributed by atoms with E-state index in [1.807, 2.05) is 33.8 Å². The average molecular weight is 356 g/mol. The zero-order chi connectivity index (χ0) is 17.0. The molecule has 0 spiro atoms. The highest BCUT2D eigenvalue weighted by Crippen LogP contribution is 2.50. The van der Waals surface area contributed by atoms with E-state index in [1.54, 1.807) is 6.07 Å². The summed E-state index contributed by atoms with van der Waals surface area (Å²) in [5, 5.41) is 0.884. The van der Waals surface area contributed by atoms with Crippen LogP contribution in [0.1, 0.15) is 31.9 Å². The Morgan fingerprint density at radius 3 is 2.35 bits per heavy atom. The molecule has 0 saturated heterocycles. The summed E-state index contributed by atoms with van der Waals surface area (Å²) < 4.78 is 22.2. The quantitative estimate of drug-likeness (QED) is 0.543. The molecule has 23 heavy (non-hydrogen) atoms. The highest BCUT2D eigenvalue weighted by atomic mass is 32.5. The standard InChI is InChI=1S/C16H21O5PS/c1-5-12-9-13-11(4)8-16(17)20-15(13)10-14(12)21-22(23,18-6-2)19-7-3/h8-10H,5-7H2,1-4H3. The van der Waals surface area contributed by atoms with Crippen molar-refractivity contribution in [2.75, 3.05) is 13.2 Å². The summed E-state index contributed by atoms with van der Waals surface area (Å²) in [5.41, 5.74) is 1.91. The predicted molar refractivity (Wildman–Crippen MR) is 94.8 cm³/mol. The summed E-state index contributed by atoms with van der Waals surface area (Å²) in [6.07, 6.45) is 0.747. The van der Waals surface area contributed by atoms with E-state index in [9.17, 15) is 4.79 Å². The fraction of sp³-hybridized carbons (Fsp3) is 0.438. The molecule has 0 aliphatic rings. The Hall–Kier alpha value is -1.20. The van der Waals surface area contributed by atoms with Crippen molar-refractivity contribution in [2.24, 2.45) is 0 Å². The van der Waals surface area contributed by atoms with Gasteiger partial charge in [0.1, 0.15) is 11.3 Å². The molecule has 0 aliphatic carbocycles. The van der Waals surface area contributed by atoms with E-state index < -0.39 is 6.72 Å². The fourth-order valence-corrected chi connectivity index (χ4v) is 4.38. The molecule has 126 valence electrons.